The van der Waals surface area contributed by atoms with Crippen molar-refractivity contribution in [2.45, 2.75) is 38.5 Å². The molecular formula is C16H19N3O2. The Bertz CT molecular complexity index is 751. The van der Waals surface area contributed by atoms with Crippen LogP contribution in [0.3, 0.4) is 0 Å². The summed E-state index contributed by atoms with van der Waals surface area (Å²) in [6.45, 7) is 2.23. The van der Waals surface area contributed by atoms with E-state index >= 15 is 0 Å². The smallest absolute Gasteiger partial charge is 0.268 e. The number of aromatic nitrogens is 2. The lowest BCUT2D eigenvalue weighted by Crippen LogP contribution is -2.21. The summed E-state index contributed by atoms with van der Waals surface area (Å²) in [5.41, 5.74) is 6.75. The molecule has 0 spiro atoms. The molecule has 110 valence electrons. The van der Waals surface area contributed by atoms with Crippen molar-refractivity contribution < 1.29 is 4.79 Å². The molecule has 2 aromatic heterocycles. The van der Waals surface area contributed by atoms with Crippen molar-refractivity contribution in [3.8, 4) is 0 Å². The van der Waals surface area contributed by atoms with E-state index in [-0.39, 0.29) is 16.5 Å². The SMILES string of the molecule is CC1CCCCC1c1cc(=O)c2c(C(N)=O)nccc2[nH]1. The van der Waals surface area contributed by atoms with Gasteiger partial charge in [-0.15, -0.1) is 0 Å². The number of nitrogens with two attached hydrogens (primary N) is 1. The third-order valence-electron chi connectivity index (χ3n) is 4.51. The van der Waals surface area contributed by atoms with Crippen LogP contribution < -0.4 is 11.2 Å². The number of pyridine rings is 2. The molecule has 1 fully saturated rings. The fourth-order valence-corrected chi connectivity index (χ4v) is 3.39. The highest BCUT2D eigenvalue weighted by molar-refractivity contribution is 6.03. The number of aromatic amines is 1. The number of hydrogen-bond donors (Lipinski definition) is 2. The monoisotopic (exact) mass is 285 g/mol. The summed E-state index contributed by atoms with van der Waals surface area (Å²) in [5.74, 6) is 0.259. The maximum atomic E-state index is 12.4. The van der Waals surface area contributed by atoms with E-state index in [1.165, 1.54) is 25.5 Å². The number of H-pyrrole nitrogens is 1. The van der Waals surface area contributed by atoms with Crippen molar-refractivity contribution in [2.24, 2.45) is 11.7 Å². The van der Waals surface area contributed by atoms with Crippen LogP contribution in [0.15, 0.2) is 23.1 Å². The zero-order chi connectivity index (χ0) is 15.0. The number of hydrogen-bond acceptors (Lipinski definition) is 3. The van der Waals surface area contributed by atoms with Gasteiger partial charge in [0.15, 0.2) is 5.43 Å². The Balaban J connectivity index is 2.16. The predicted octanol–water partition coefficient (Wildman–Crippen LogP) is 2.32. The van der Waals surface area contributed by atoms with Crippen LogP contribution in [0.5, 0.6) is 0 Å². The molecule has 1 aliphatic rings. The van der Waals surface area contributed by atoms with E-state index in [1.807, 2.05) is 0 Å². The minimum Gasteiger partial charge on any atom is -0.364 e. The summed E-state index contributed by atoms with van der Waals surface area (Å²) in [7, 11) is 0. The normalized spacial score (nSPS) is 22.3. The quantitative estimate of drug-likeness (QED) is 0.887. The Morgan fingerprint density at radius 3 is 2.86 bits per heavy atom. The van der Waals surface area contributed by atoms with Gasteiger partial charge in [0.1, 0.15) is 5.69 Å². The van der Waals surface area contributed by atoms with Gasteiger partial charge < -0.3 is 10.7 Å². The van der Waals surface area contributed by atoms with Gasteiger partial charge in [0.2, 0.25) is 0 Å². The van der Waals surface area contributed by atoms with Gasteiger partial charge >= 0.3 is 0 Å². The van der Waals surface area contributed by atoms with Crippen LogP contribution in [0.1, 0.15) is 54.7 Å². The van der Waals surface area contributed by atoms with Crippen LogP contribution in [0.25, 0.3) is 10.9 Å². The highest BCUT2D eigenvalue weighted by Gasteiger charge is 2.24. The molecule has 3 rings (SSSR count). The third-order valence-corrected chi connectivity index (χ3v) is 4.51. The summed E-state index contributed by atoms with van der Waals surface area (Å²) in [5, 5.41) is 0.289. The molecule has 1 aliphatic carbocycles. The molecular weight excluding hydrogens is 266 g/mol. The van der Waals surface area contributed by atoms with E-state index in [0.29, 0.717) is 17.4 Å². The van der Waals surface area contributed by atoms with Crippen molar-refractivity contribution in [3.05, 3.63) is 39.9 Å². The molecule has 0 saturated heterocycles. The number of rotatable bonds is 2. The number of nitrogens with zero attached hydrogens (tertiary/aromatic N) is 1. The number of nitrogens with one attached hydrogen (secondary N) is 1. The van der Waals surface area contributed by atoms with Gasteiger partial charge in [-0.05, 0) is 18.4 Å². The zero-order valence-corrected chi connectivity index (χ0v) is 12.1. The van der Waals surface area contributed by atoms with Crippen molar-refractivity contribution in [3.63, 3.8) is 0 Å². The Kier molecular flexibility index (Phi) is 3.49. The lowest BCUT2D eigenvalue weighted by Gasteiger charge is -2.28. The highest BCUT2D eigenvalue weighted by atomic mass is 16.1. The second kappa shape index (κ2) is 5.31. The molecule has 0 bridgehead atoms. The van der Waals surface area contributed by atoms with Gasteiger partial charge in [-0.25, -0.2) is 0 Å². The van der Waals surface area contributed by atoms with Gasteiger partial charge in [0.05, 0.1) is 10.9 Å². The fraction of sp³-hybridized carbons (Fsp3) is 0.438. The van der Waals surface area contributed by atoms with Crippen molar-refractivity contribution in [1.29, 1.82) is 0 Å². The summed E-state index contributed by atoms with van der Waals surface area (Å²) in [6.07, 6.45) is 6.24. The first-order valence-corrected chi connectivity index (χ1v) is 7.39. The molecule has 0 aliphatic heterocycles. The molecule has 2 atom stereocenters. The number of primary amides is 1. The maximum Gasteiger partial charge on any atom is 0.268 e. The van der Waals surface area contributed by atoms with Gasteiger partial charge in [-0.1, -0.05) is 26.2 Å². The lowest BCUT2D eigenvalue weighted by molar-refractivity contribution is 0.0997. The van der Waals surface area contributed by atoms with Crippen molar-refractivity contribution in [2.75, 3.05) is 0 Å². The predicted molar refractivity (Wildman–Crippen MR) is 81.3 cm³/mol. The number of amides is 1. The van der Waals surface area contributed by atoms with Crippen LogP contribution in [0.4, 0.5) is 0 Å². The van der Waals surface area contributed by atoms with Crippen LogP contribution in [-0.4, -0.2) is 15.9 Å². The van der Waals surface area contributed by atoms with E-state index in [0.717, 1.165) is 12.1 Å². The topological polar surface area (TPSA) is 88.8 Å². The van der Waals surface area contributed by atoms with E-state index in [4.69, 9.17) is 5.73 Å². The lowest BCUT2D eigenvalue weighted by atomic mass is 9.78. The summed E-state index contributed by atoms with van der Waals surface area (Å²) in [6, 6.07) is 3.34. The molecule has 5 heteroatoms. The third kappa shape index (κ3) is 2.44. The summed E-state index contributed by atoms with van der Waals surface area (Å²) in [4.78, 5) is 31.1. The van der Waals surface area contributed by atoms with E-state index < -0.39 is 5.91 Å². The van der Waals surface area contributed by atoms with E-state index in [1.54, 1.807) is 12.1 Å². The summed E-state index contributed by atoms with van der Waals surface area (Å²) >= 11 is 0. The molecule has 5 nitrogen and oxygen atoms in total. The van der Waals surface area contributed by atoms with Crippen LogP contribution >= 0.6 is 0 Å². The highest BCUT2D eigenvalue weighted by Crippen LogP contribution is 2.36. The average molecular weight is 285 g/mol. The van der Waals surface area contributed by atoms with Crippen LogP contribution in [-0.2, 0) is 0 Å². The molecule has 1 saturated carbocycles. The number of carbonyl (C=O) groups excluding carboxylic acids is 1. The van der Waals surface area contributed by atoms with Crippen molar-refractivity contribution >= 4 is 16.8 Å². The largest absolute Gasteiger partial charge is 0.364 e. The zero-order valence-electron chi connectivity index (χ0n) is 12.1. The van der Waals surface area contributed by atoms with E-state index in [9.17, 15) is 9.59 Å². The van der Waals surface area contributed by atoms with Crippen molar-refractivity contribution in [1.82, 2.24) is 9.97 Å². The standard InChI is InChI=1S/C16H19N3O2/c1-9-4-2-3-5-10(9)12-8-13(20)14-11(19-12)6-7-18-15(14)16(17)21/h6-10H,2-5H2,1H3,(H2,17,21)(H,19,20). The Labute approximate surface area is 122 Å². The molecule has 0 radical (unpaired) electrons. The first-order chi connectivity index (χ1) is 10.1. The van der Waals surface area contributed by atoms with Gasteiger partial charge in [0.25, 0.3) is 5.91 Å². The average Bonchev–Trinajstić information content (AvgIpc) is 2.46. The molecule has 2 heterocycles. The number of fused-ring (bicyclic) bond motifs is 1. The fourth-order valence-electron chi connectivity index (χ4n) is 3.39. The Hall–Kier alpha value is -2.17. The molecule has 3 N–H and O–H groups in total. The van der Waals surface area contributed by atoms with Gasteiger partial charge in [-0.3, -0.25) is 14.6 Å². The molecule has 1 amide bonds. The second-order valence-corrected chi connectivity index (χ2v) is 5.90. The summed E-state index contributed by atoms with van der Waals surface area (Å²) < 4.78 is 0. The first kappa shape index (κ1) is 13.8. The van der Waals surface area contributed by atoms with E-state index in [2.05, 4.69) is 16.9 Å². The maximum absolute atomic E-state index is 12.4. The van der Waals surface area contributed by atoms with Gasteiger partial charge in [0, 0.05) is 23.9 Å². The molecule has 2 aromatic rings. The minimum absolute atomic E-state index is 0.0389. The Morgan fingerprint density at radius 1 is 1.38 bits per heavy atom. The van der Waals surface area contributed by atoms with Crippen LogP contribution in [0, 0.1) is 5.92 Å². The van der Waals surface area contributed by atoms with Crippen LogP contribution in [0.2, 0.25) is 0 Å². The second-order valence-electron chi connectivity index (χ2n) is 5.90. The molecule has 2 unspecified atom stereocenters. The minimum atomic E-state index is -0.676. The first-order valence-electron chi connectivity index (χ1n) is 7.39. The molecule has 21 heavy (non-hydrogen) atoms. The van der Waals surface area contributed by atoms with Gasteiger partial charge in [-0.2, -0.15) is 0 Å². The molecule has 0 aromatic carbocycles. The number of carbonyl (C=O) groups is 1. The Morgan fingerprint density at radius 2 is 2.14 bits per heavy atom.